The SMILES string of the molecule is CCCCOC1C=CNC(Nc2ccc(-c3nc4c(c(N5CCOC[C@@H]5C)n3)CCN(c3ncccn3)C4)cc2)=N1. The largest absolute Gasteiger partial charge is 0.377 e. The number of hydrogen-bond acceptors (Lipinski definition) is 11. The number of fused-ring (bicyclic) bond motifs is 1. The van der Waals surface area contributed by atoms with E-state index in [1.165, 1.54) is 5.56 Å². The first-order valence-corrected chi connectivity index (χ1v) is 14.4. The predicted octanol–water partition coefficient (Wildman–Crippen LogP) is 3.75. The van der Waals surface area contributed by atoms with Crippen molar-refractivity contribution in [1.82, 2.24) is 25.3 Å². The van der Waals surface area contributed by atoms with Crippen LogP contribution < -0.4 is 20.4 Å². The minimum atomic E-state index is -0.282. The highest BCUT2D eigenvalue weighted by molar-refractivity contribution is 5.95. The molecule has 3 aliphatic rings. The smallest absolute Gasteiger partial charge is 0.225 e. The minimum Gasteiger partial charge on any atom is -0.377 e. The van der Waals surface area contributed by atoms with E-state index in [9.17, 15) is 0 Å². The molecule has 214 valence electrons. The summed E-state index contributed by atoms with van der Waals surface area (Å²) in [7, 11) is 0. The quantitative estimate of drug-likeness (QED) is 0.399. The van der Waals surface area contributed by atoms with Gasteiger partial charge >= 0.3 is 0 Å². The maximum absolute atomic E-state index is 5.82. The van der Waals surface area contributed by atoms with Crippen molar-refractivity contribution >= 4 is 23.4 Å². The van der Waals surface area contributed by atoms with E-state index in [0.717, 1.165) is 61.1 Å². The molecule has 6 rings (SSSR count). The number of aromatic nitrogens is 4. The Morgan fingerprint density at radius 1 is 1.12 bits per heavy atom. The van der Waals surface area contributed by atoms with Crippen molar-refractivity contribution in [2.45, 2.75) is 51.9 Å². The van der Waals surface area contributed by atoms with Crippen molar-refractivity contribution in [1.29, 1.82) is 0 Å². The Balaban J connectivity index is 1.25. The number of ether oxygens (including phenoxy) is 2. The monoisotopic (exact) mass is 555 g/mol. The van der Waals surface area contributed by atoms with Crippen LogP contribution in [0.4, 0.5) is 17.5 Å². The van der Waals surface area contributed by atoms with E-state index in [0.29, 0.717) is 38.1 Å². The van der Waals surface area contributed by atoms with Crippen LogP contribution in [0.1, 0.15) is 37.9 Å². The zero-order valence-corrected chi connectivity index (χ0v) is 23.7. The van der Waals surface area contributed by atoms with Crippen LogP contribution in [0.3, 0.4) is 0 Å². The molecule has 3 aliphatic heterocycles. The van der Waals surface area contributed by atoms with Gasteiger partial charge in [-0.3, -0.25) is 0 Å². The van der Waals surface area contributed by atoms with Gasteiger partial charge in [0.25, 0.3) is 0 Å². The Morgan fingerprint density at radius 2 is 1.98 bits per heavy atom. The summed E-state index contributed by atoms with van der Waals surface area (Å²) in [4.78, 5) is 28.3. The molecular weight excluding hydrogens is 518 g/mol. The third-order valence-electron chi connectivity index (χ3n) is 7.45. The van der Waals surface area contributed by atoms with Gasteiger partial charge in [0.05, 0.1) is 31.5 Å². The maximum atomic E-state index is 5.82. The van der Waals surface area contributed by atoms with Gasteiger partial charge in [0.15, 0.2) is 12.1 Å². The first-order valence-electron chi connectivity index (χ1n) is 14.4. The molecule has 5 heterocycles. The Bertz CT molecular complexity index is 1380. The third kappa shape index (κ3) is 6.31. The first-order chi connectivity index (χ1) is 20.2. The molecule has 1 aromatic carbocycles. The molecule has 2 aromatic heterocycles. The van der Waals surface area contributed by atoms with Crippen LogP contribution in [0.5, 0.6) is 0 Å². The highest BCUT2D eigenvalue weighted by Gasteiger charge is 2.29. The Labute approximate surface area is 240 Å². The van der Waals surface area contributed by atoms with Crippen molar-refractivity contribution in [3.05, 3.63) is 66.3 Å². The summed E-state index contributed by atoms with van der Waals surface area (Å²) >= 11 is 0. The van der Waals surface area contributed by atoms with Crippen LogP contribution in [0.2, 0.25) is 0 Å². The van der Waals surface area contributed by atoms with Crippen molar-refractivity contribution < 1.29 is 9.47 Å². The molecule has 2 N–H and O–H groups in total. The molecule has 41 heavy (non-hydrogen) atoms. The van der Waals surface area contributed by atoms with Crippen molar-refractivity contribution in [2.24, 2.45) is 4.99 Å². The van der Waals surface area contributed by atoms with Gasteiger partial charge in [-0.2, -0.15) is 0 Å². The summed E-state index contributed by atoms with van der Waals surface area (Å²) in [6.07, 6.45) is 10.0. The van der Waals surface area contributed by atoms with Crippen LogP contribution in [-0.2, 0) is 22.4 Å². The summed E-state index contributed by atoms with van der Waals surface area (Å²) in [5.41, 5.74) is 4.09. The minimum absolute atomic E-state index is 0.241. The molecule has 1 fully saturated rings. The van der Waals surface area contributed by atoms with Gasteiger partial charge in [-0.25, -0.2) is 24.9 Å². The maximum Gasteiger partial charge on any atom is 0.225 e. The fraction of sp³-hybridized carbons (Fsp3) is 0.433. The van der Waals surface area contributed by atoms with E-state index in [1.807, 2.05) is 42.6 Å². The second-order valence-corrected chi connectivity index (χ2v) is 10.4. The van der Waals surface area contributed by atoms with Gasteiger partial charge < -0.3 is 29.9 Å². The Kier molecular flexibility index (Phi) is 8.33. The summed E-state index contributed by atoms with van der Waals surface area (Å²) in [5.74, 6) is 3.10. The summed E-state index contributed by atoms with van der Waals surface area (Å²) < 4.78 is 11.6. The standard InChI is InChI=1S/C30H37N9O2/c1-3-4-17-41-26-10-14-31-29(36-26)34-23-8-6-22(7-9-23)27-35-25-19-38(30-32-12-5-13-33-30)15-11-24(25)28(37-27)39-16-18-40-20-21(39)2/h5-10,12-14,21,26H,3-4,11,15-20H2,1-2H3,(H2,31,34,36)/t21-,26?/m0/s1. The summed E-state index contributed by atoms with van der Waals surface area (Å²) in [6.45, 7) is 8.69. The molecule has 2 atom stereocenters. The Morgan fingerprint density at radius 3 is 2.78 bits per heavy atom. The normalized spacial score (nSPS) is 20.3. The van der Waals surface area contributed by atoms with Crippen LogP contribution in [0.25, 0.3) is 11.4 Å². The number of aliphatic imine (C=N–C) groups is 1. The van der Waals surface area contributed by atoms with Crippen molar-refractivity contribution in [2.75, 3.05) is 48.0 Å². The molecule has 0 saturated carbocycles. The van der Waals surface area contributed by atoms with Crippen molar-refractivity contribution in [3.63, 3.8) is 0 Å². The lowest BCUT2D eigenvalue weighted by molar-refractivity contribution is 0.0876. The fourth-order valence-corrected chi connectivity index (χ4v) is 5.21. The molecular formula is C30H37N9O2. The summed E-state index contributed by atoms with van der Waals surface area (Å²) in [5, 5.41) is 6.50. The molecule has 3 aromatic rings. The topological polar surface area (TPSA) is 113 Å². The molecule has 1 unspecified atom stereocenters. The first kappa shape index (κ1) is 27.1. The highest BCUT2D eigenvalue weighted by atomic mass is 16.5. The number of morpholine rings is 1. The second kappa shape index (κ2) is 12.6. The van der Waals surface area contributed by atoms with Crippen LogP contribution >= 0.6 is 0 Å². The molecule has 0 amide bonds. The Hall–Kier alpha value is -4.09. The molecule has 0 aliphatic carbocycles. The molecule has 0 bridgehead atoms. The van der Waals surface area contributed by atoms with Gasteiger partial charge in [-0.05, 0) is 56.2 Å². The van der Waals surface area contributed by atoms with Gasteiger partial charge in [-0.15, -0.1) is 0 Å². The average molecular weight is 556 g/mol. The van der Waals surface area contributed by atoms with E-state index in [1.54, 1.807) is 12.4 Å². The van der Waals surface area contributed by atoms with E-state index in [2.05, 4.69) is 49.2 Å². The predicted molar refractivity (Wildman–Crippen MR) is 160 cm³/mol. The molecule has 1 saturated heterocycles. The van der Waals surface area contributed by atoms with Crippen LogP contribution in [-0.4, -0.2) is 71.1 Å². The number of rotatable bonds is 8. The molecule has 11 heteroatoms. The van der Waals surface area contributed by atoms with Gasteiger partial charge in [0, 0.05) is 55.1 Å². The van der Waals surface area contributed by atoms with E-state index in [4.69, 9.17) is 19.4 Å². The van der Waals surface area contributed by atoms with E-state index in [-0.39, 0.29) is 12.3 Å². The molecule has 0 spiro atoms. The van der Waals surface area contributed by atoms with Gasteiger partial charge in [-0.1, -0.05) is 13.3 Å². The van der Waals surface area contributed by atoms with E-state index < -0.39 is 0 Å². The highest BCUT2D eigenvalue weighted by Crippen LogP contribution is 2.32. The lowest BCUT2D eigenvalue weighted by Gasteiger charge is -2.37. The number of hydrogen-bond donors (Lipinski definition) is 2. The van der Waals surface area contributed by atoms with Crippen LogP contribution in [0.15, 0.2) is 60.0 Å². The zero-order chi connectivity index (χ0) is 28.0. The van der Waals surface area contributed by atoms with E-state index >= 15 is 0 Å². The number of nitrogens with one attached hydrogen (secondary N) is 2. The number of benzene rings is 1. The number of unbranched alkanes of at least 4 members (excludes halogenated alkanes) is 1. The number of guanidine groups is 1. The lowest BCUT2D eigenvalue weighted by atomic mass is 10.0. The summed E-state index contributed by atoms with van der Waals surface area (Å²) in [6, 6.07) is 10.2. The lowest BCUT2D eigenvalue weighted by Crippen LogP contribution is -2.45. The average Bonchev–Trinajstić information content (AvgIpc) is 3.02. The fourth-order valence-electron chi connectivity index (χ4n) is 5.21. The van der Waals surface area contributed by atoms with Crippen LogP contribution in [0, 0.1) is 0 Å². The number of anilines is 3. The molecule has 11 nitrogen and oxygen atoms in total. The van der Waals surface area contributed by atoms with Crippen molar-refractivity contribution in [3.8, 4) is 11.4 Å². The van der Waals surface area contributed by atoms with Gasteiger partial charge in [0.2, 0.25) is 11.9 Å². The second-order valence-electron chi connectivity index (χ2n) is 10.4. The van der Waals surface area contributed by atoms with Gasteiger partial charge in [0.1, 0.15) is 5.82 Å². The molecule has 0 radical (unpaired) electrons. The number of nitrogens with zero attached hydrogens (tertiary/aromatic N) is 7. The zero-order valence-electron chi connectivity index (χ0n) is 23.7. The third-order valence-corrected chi connectivity index (χ3v) is 7.45.